The van der Waals surface area contributed by atoms with Crippen LogP contribution in [0.1, 0.15) is 27.9 Å². The number of nitrogens with zero attached hydrogens (tertiary/aromatic N) is 2. The van der Waals surface area contributed by atoms with Gasteiger partial charge in [0.2, 0.25) is 0 Å². The molecule has 8 heteroatoms. The largest absolute Gasteiger partial charge is 0.337 e. The van der Waals surface area contributed by atoms with Gasteiger partial charge in [-0.2, -0.15) is 0 Å². The van der Waals surface area contributed by atoms with Gasteiger partial charge in [-0.3, -0.25) is 14.9 Å². The SMILES string of the molecule is Cc1sc(C(=O)N2CCC(C)(CN)C2)cc1[N+](=O)[O-].Cl. The number of aryl methyl sites for hydroxylation is 1. The van der Waals surface area contributed by atoms with E-state index in [9.17, 15) is 14.9 Å². The molecule has 2 N–H and O–H groups in total. The maximum atomic E-state index is 12.3. The van der Waals surface area contributed by atoms with Crippen molar-refractivity contribution >= 4 is 35.3 Å². The minimum atomic E-state index is -0.448. The Balaban J connectivity index is 0.00000200. The van der Waals surface area contributed by atoms with Gasteiger partial charge in [-0.15, -0.1) is 23.7 Å². The topological polar surface area (TPSA) is 89.5 Å². The van der Waals surface area contributed by atoms with Crippen LogP contribution < -0.4 is 5.73 Å². The molecule has 0 aliphatic carbocycles. The summed E-state index contributed by atoms with van der Waals surface area (Å²) in [4.78, 5) is 25.4. The van der Waals surface area contributed by atoms with Crippen molar-refractivity contribution in [2.45, 2.75) is 20.3 Å². The third kappa shape index (κ3) is 3.11. The molecule has 1 aromatic rings. The highest BCUT2D eigenvalue weighted by Crippen LogP contribution is 2.33. The van der Waals surface area contributed by atoms with Crippen LogP contribution in [0.25, 0.3) is 0 Å². The van der Waals surface area contributed by atoms with Gasteiger partial charge in [0.1, 0.15) is 0 Å². The van der Waals surface area contributed by atoms with Gasteiger partial charge in [-0.1, -0.05) is 6.92 Å². The van der Waals surface area contributed by atoms with Crippen LogP contribution in [0.5, 0.6) is 0 Å². The first-order valence-corrected chi connectivity index (χ1v) is 6.92. The molecule has 1 saturated heterocycles. The van der Waals surface area contributed by atoms with Crippen molar-refractivity contribution in [1.29, 1.82) is 0 Å². The maximum absolute atomic E-state index is 12.3. The van der Waals surface area contributed by atoms with Crippen molar-refractivity contribution < 1.29 is 9.72 Å². The van der Waals surface area contributed by atoms with E-state index in [1.165, 1.54) is 17.4 Å². The Bertz CT molecular complexity index is 534. The molecule has 0 spiro atoms. The van der Waals surface area contributed by atoms with Crippen molar-refractivity contribution in [3.05, 3.63) is 25.9 Å². The summed E-state index contributed by atoms with van der Waals surface area (Å²) in [7, 11) is 0. The summed E-state index contributed by atoms with van der Waals surface area (Å²) in [5.41, 5.74) is 5.70. The lowest BCUT2D eigenvalue weighted by atomic mass is 9.90. The van der Waals surface area contributed by atoms with Gasteiger partial charge in [-0.05, 0) is 25.3 Å². The predicted octanol–water partition coefficient (Wildman–Crippen LogP) is 2.20. The molecule has 1 aliphatic rings. The highest BCUT2D eigenvalue weighted by molar-refractivity contribution is 7.14. The molecule has 2 heterocycles. The Morgan fingerprint density at radius 3 is 2.75 bits per heavy atom. The summed E-state index contributed by atoms with van der Waals surface area (Å²) in [6, 6.07) is 1.38. The Kier molecular flexibility index (Phi) is 5.12. The van der Waals surface area contributed by atoms with Gasteiger partial charge in [-0.25, -0.2) is 0 Å². The maximum Gasteiger partial charge on any atom is 0.283 e. The predicted molar refractivity (Wildman–Crippen MR) is 80.6 cm³/mol. The minimum Gasteiger partial charge on any atom is -0.337 e. The van der Waals surface area contributed by atoms with Gasteiger partial charge < -0.3 is 10.6 Å². The molecule has 20 heavy (non-hydrogen) atoms. The monoisotopic (exact) mass is 319 g/mol. The molecule has 2 rings (SSSR count). The van der Waals surface area contributed by atoms with E-state index >= 15 is 0 Å². The number of hydrogen-bond donors (Lipinski definition) is 1. The number of carbonyl (C=O) groups excluding carboxylic acids is 1. The van der Waals surface area contributed by atoms with E-state index in [4.69, 9.17) is 5.73 Å². The van der Waals surface area contributed by atoms with E-state index in [0.717, 1.165) is 6.42 Å². The summed E-state index contributed by atoms with van der Waals surface area (Å²) < 4.78 is 0. The fourth-order valence-corrected chi connectivity index (χ4v) is 3.23. The van der Waals surface area contributed by atoms with Crippen LogP contribution in [0, 0.1) is 22.5 Å². The standard InChI is InChI=1S/C12H17N3O3S.ClH/c1-8-9(15(17)18)5-10(19-8)11(16)14-4-3-12(2,6-13)7-14;/h5H,3-4,6-7,13H2,1-2H3;1H. The quantitative estimate of drug-likeness (QED) is 0.683. The zero-order valence-corrected chi connectivity index (χ0v) is 13.1. The van der Waals surface area contributed by atoms with Gasteiger partial charge in [0.25, 0.3) is 11.6 Å². The van der Waals surface area contributed by atoms with Crippen LogP contribution in [0.15, 0.2) is 6.07 Å². The molecule has 1 aromatic heterocycles. The summed E-state index contributed by atoms with van der Waals surface area (Å²) in [5.74, 6) is -0.127. The van der Waals surface area contributed by atoms with Crippen molar-refractivity contribution in [3.63, 3.8) is 0 Å². The molecule has 0 radical (unpaired) electrons. The molecular formula is C12H18ClN3O3S. The summed E-state index contributed by atoms with van der Waals surface area (Å²) in [6.07, 6.45) is 0.877. The smallest absolute Gasteiger partial charge is 0.283 e. The Morgan fingerprint density at radius 2 is 2.30 bits per heavy atom. The number of halogens is 1. The highest BCUT2D eigenvalue weighted by Gasteiger charge is 2.36. The number of nitrogens with two attached hydrogens (primary N) is 1. The normalized spacial score (nSPS) is 21.6. The average molecular weight is 320 g/mol. The highest BCUT2D eigenvalue weighted by atomic mass is 35.5. The molecule has 1 aliphatic heterocycles. The molecule has 1 unspecified atom stereocenters. The van der Waals surface area contributed by atoms with Crippen molar-refractivity contribution in [3.8, 4) is 0 Å². The first-order valence-electron chi connectivity index (χ1n) is 6.10. The van der Waals surface area contributed by atoms with Gasteiger partial charge >= 0.3 is 0 Å². The number of thiophene rings is 1. The fraction of sp³-hybridized carbons (Fsp3) is 0.583. The molecular weight excluding hydrogens is 302 g/mol. The minimum absolute atomic E-state index is 0. The first kappa shape index (κ1) is 16.9. The third-order valence-electron chi connectivity index (χ3n) is 3.64. The van der Waals surface area contributed by atoms with Crippen LogP contribution in [0.2, 0.25) is 0 Å². The molecule has 1 amide bonds. The van der Waals surface area contributed by atoms with E-state index in [2.05, 4.69) is 6.92 Å². The second kappa shape index (κ2) is 6.07. The van der Waals surface area contributed by atoms with E-state index in [0.29, 0.717) is 29.4 Å². The molecule has 0 saturated carbocycles. The van der Waals surface area contributed by atoms with Crippen LogP contribution in [0.3, 0.4) is 0 Å². The zero-order valence-electron chi connectivity index (χ0n) is 11.4. The number of likely N-dealkylation sites (tertiary alicyclic amines) is 1. The van der Waals surface area contributed by atoms with E-state index in [-0.39, 0.29) is 29.4 Å². The lowest BCUT2D eigenvalue weighted by Crippen LogP contribution is -2.34. The van der Waals surface area contributed by atoms with E-state index in [1.54, 1.807) is 11.8 Å². The summed E-state index contributed by atoms with van der Waals surface area (Å²) in [6.45, 7) is 5.54. The van der Waals surface area contributed by atoms with Crippen molar-refractivity contribution in [1.82, 2.24) is 4.90 Å². The first-order chi connectivity index (χ1) is 8.86. The molecule has 112 valence electrons. The number of amides is 1. The molecule has 1 atom stereocenters. The lowest BCUT2D eigenvalue weighted by molar-refractivity contribution is -0.385. The zero-order chi connectivity index (χ0) is 14.2. The lowest BCUT2D eigenvalue weighted by Gasteiger charge is -2.22. The summed E-state index contributed by atoms with van der Waals surface area (Å²) >= 11 is 1.18. The third-order valence-corrected chi connectivity index (χ3v) is 4.66. The van der Waals surface area contributed by atoms with Crippen molar-refractivity contribution in [2.24, 2.45) is 11.1 Å². The van der Waals surface area contributed by atoms with Crippen LogP contribution in [0.4, 0.5) is 5.69 Å². The molecule has 6 nitrogen and oxygen atoms in total. The second-order valence-corrected chi connectivity index (χ2v) is 6.56. The fourth-order valence-electron chi connectivity index (χ4n) is 2.28. The van der Waals surface area contributed by atoms with Crippen molar-refractivity contribution in [2.75, 3.05) is 19.6 Å². The molecule has 0 bridgehead atoms. The van der Waals surface area contributed by atoms with E-state index in [1.807, 2.05) is 0 Å². The van der Waals surface area contributed by atoms with Gasteiger partial charge in [0.15, 0.2) is 0 Å². The van der Waals surface area contributed by atoms with Crippen LogP contribution in [-0.2, 0) is 0 Å². The van der Waals surface area contributed by atoms with Crippen LogP contribution in [-0.4, -0.2) is 35.4 Å². The van der Waals surface area contributed by atoms with Gasteiger partial charge in [0.05, 0.1) is 14.7 Å². The molecule has 0 aromatic carbocycles. The van der Waals surface area contributed by atoms with Gasteiger partial charge in [0, 0.05) is 19.2 Å². The Hall–Kier alpha value is -1.18. The number of carbonyl (C=O) groups is 1. The summed E-state index contributed by atoms with van der Waals surface area (Å²) in [5, 5.41) is 10.8. The number of hydrogen-bond acceptors (Lipinski definition) is 5. The Morgan fingerprint density at radius 1 is 1.65 bits per heavy atom. The van der Waals surface area contributed by atoms with Crippen LogP contribution >= 0.6 is 23.7 Å². The Labute approximate surface area is 127 Å². The average Bonchev–Trinajstić information content (AvgIpc) is 2.93. The number of nitro groups is 1. The second-order valence-electron chi connectivity index (χ2n) is 5.30. The van der Waals surface area contributed by atoms with E-state index < -0.39 is 4.92 Å². The number of rotatable bonds is 3. The molecule has 1 fully saturated rings.